The Kier molecular flexibility index (Phi) is 7.97. The summed E-state index contributed by atoms with van der Waals surface area (Å²) in [5, 5.41) is 0. The van der Waals surface area contributed by atoms with E-state index in [0.29, 0.717) is 0 Å². The van der Waals surface area contributed by atoms with Gasteiger partial charge in [-0.25, -0.2) is 4.98 Å². The number of aryl methyl sites for hydroxylation is 1. The highest BCUT2D eigenvalue weighted by molar-refractivity contribution is 7.99. The maximum Gasteiger partial charge on any atom is 0.140 e. The van der Waals surface area contributed by atoms with Gasteiger partial charge in [-0.2, -0.15) is 0 Å². The largest absolute Gasteiger partial charge is 0.327 e. The van der Waals surface area contributed by atoms with Gasteiger partial charge in [0.25, 0.3) is 0 Å². The molecule has 256 valence electrons. The molecule has 8 aromatic carbocycles. The predicted molar refractivity (Wildman–Crippen MR) is 227 cm³/mol. The molecule has 1 aliphatic rings. The van der Waals surface area contributed by atoms with Crippen molar-refractivity contribution in [2.24, 2.45) is 7.05 Å². The third kappa shape index (κ3) is 5.60. The molecule has 0 fully saturated rings. The van der Waals surface area contributed by atoms with E-state index < -0.39 is 0 Å². The third-order valence-electron chi connectivity index (χ3n) is 10.4. The van der Waals surface area contributed by atoms with Crippen LogP contribution in [0.3, 0.4) is 0 Å². The Labute approximate surface area is 319 Å². The SMILES string of the molecule is Cn1c(-c2ccc(-c3cc(-c4ccccc4)c(-c4ccccc4)c(-c4cccc(N5c6ccccc6Sc6ccccc65)c4)c3)cc2)nc2ccccc21. The Morgan fingerprint density at radius 2 is 0.981 bits per heavy atom. The van der Waals surface area contributed by atoms with Crippen molar-refractivity contribution in [3.05, 3.63) is 194 Å². The quantitative estimate of drug-likeness (QED) is 0.171. The summed E-state index contributed by atoms with van der Waals surface area (Å²) in [5.74, 6) is 0.962. The van der Waals surface area contributed by atoms with Gasteiger partial charge in [0.2, 0.25) is 0 Å². The fraction of sp³-hybridized carbons (Fsp3) is 0.0200. The van der Waals surface area contributed by atoms with E-state index in [0.717, 1.165) is 44.8 Å². The first-order valence-electron chi connectivity index (χ1n) is 18.3. The minimum absolute atomic E-state index is 0.962. The predicted octanol–water partition coefficient (Wildman–Crippen LogP) is 13.8. The van der Waals surface area contributed by atoms with Crippen LogP contribution in [0.5, 0.6) is 0 Å². The molecular weight excluding hydrogens is 675 g/mol. The summed E-state index contributed by atoms with van der Waals surface area (Å²) in [4.78, 5) is 9.89. The second kappa shape index (κ2) is 13.4. The van der Waals surface area contributed by atoms with E-state index in [1.54, 1.807) is 0 Å². The van der Waals surface area contributed by atoms with E-state index >= 15 is 0 Å². The molecule has 10 rings (SSSR count). The molecule has 0 saturated heterocycles. The van der Waals surface area contributed by atoms with Gasteiger partial charge in [-0.05, 0) is 105 Å². The fourth-order valence-electron chi connectivity index (χ4n) is 7.81. The van der Waals surface area contributed by atoms with Crippen LogP contribution in [0, 0.1) is 0 Å². The summed E-state index contributed by atoms with van der Waals surface area (Å²) in [7, 11) is 2.09. The molecule has 4 heteroatoms. The van der Waals surface area contributed by atoms with E-state index in [1.807, 2.05) is 17.8 Å². The number of para-hydroxylation sites is 4. The number of fused-ring (bicyclic) bond motifs is 3. The number of hydrogen-bond donors (Lipinski definition) is 0. The molecule has 0 radical (unpaired) electrons. The summed E-state index contributed by atoms with van der Waals surface area (Å²) in [6.45, 7) is 0. The van der Waals surface area contributed by atoms with Crippen molar-refractivity contribution in [1.29, 1.82) is 0 Å². The van der Waals surface area contributed by atoms with Gasteiger partial charge in [0.15, 0.2) is 0 Å². The monoisotopic (exact) mass is 709 g/mol. The van der Waals surface area contributed by atoms with Crippen molar-refractivity contribution >= 4 is 39.9 Å². The molecular formula is C50H35N3S. The number of hydrogen-bond acceptors (Lipinski definition) is 3. The van der Waals surface area contributed by atoms with Crippen LogP contribution in [-0.4, -0.2) is 9.55 Å². The van der Waals surface area contributed by atoms with Crippen LogP contribution in [0.4, 0.5) is 17.1 Å². The average Bonchev–Trinajstić information content (AvgIpc) is 3.59. The fourth-order valence-corrected chi connectivity index (χ4v) is 8.87. The second-order valence-corrected chi connectivity index (χ2v) is 14.7. The van der Waals surface area contributed by atoms with Gasteiger partial charge < -0.3 is 9.47 Å². The lowest BCUT2D eigenvalue weighted by Gasteiger charge is -2.33. The van der Waals surface area contributed by atoms with E-state index in [-0.39, 0.29) is 0 Å². The number of benzene rings is 8. The summed E-state index contributed by atoms with van der Waals surface area (Å²) in [5.41, 5.74) is 16.2. The van der Waals surface area contributed by atoms with Crippen molar-refractivity contribution in [2.45, 2.75) is 9.79 Å². The van der Waals surface area contributed by atoms with Crippen molar-refractivity contribution in [3.63, 3.8) is 0 Å². The van der Waals surface area contributed by atoms with Crippen LogP contribution in [-0.2, 0) is 7.05 Å². The normalized spacial score (nSPS) is 12.1. The van der Waals surface area contributed by atoms with E-state index in [2.05, 4.69) is 205 Å². The number of rotatable bonds is 6. The van der Waals surface area contributed by atoms with Crippen LogP contribution in [0.25, 0.3) is 66.9 Å². The molecule has 0 amide bonds. The van der Waals surface area contributed by atoms with Gasteiger partial charge in [-0.15, -0.1) is 0 Å². The smallest absolute Gasteiger partial charge is 0.140 e. The van der Waals surface area contributed by atoms with Crippen molar-refractivity contribution in [2.75, 3.05) is 4.90 Å². The molecule has 1 aromatic heterocycles. The van der Waals surface area contributed by atoms with E-state index in [4.69, 9.17) is 4.98 Å². The average molecular weight is 710 g/mol. The number of imidazole rings is 1. The number of anilines is 3. The van der Waals surface area contributed by atoms with Gasteiger partial charge in [0.05, 0.1) is 22.4 Å². The molecule has 0 aliphatic carbocycles. The first-order chi connectivity index (χ1) is 26.7. The second-order valence-electron chi connectivity index (χ2n) is 13.7. The highest BCUT2D eigenvalue weighted by atomic mass is 32.2. The van der Waals surface area contributed by atoms with Crippen LogP contribution in [0.15, 0.2) is 204 Å². The van der Waals surface area contributed by atoms with Gasteiger partial charge in [0.1, 0.15) is 5.82 Å². The molecule has 0 spiro atoms. The molecule has 0 unspecified atom stereocenters. The molecule has 0 bridgehead atoms. The van der Waals surface area contributed by atoms with E-state index in [9.17, 15) is 0 Å². The molecule has 54 heavy (non-hydrogen) atoms. The van der Waals surface area contributed by atoms with Gasteiger partial charge >= 0.3 is 0 Å². The first-order valence-corrected chi connectivity index (χ1v) is 19.1. The first kappa shape index (κ1) is 32.1. The zero-order chi connectivity index (χ0) is 36.0. The van der Waals surface area contributed by atoms with Crippen LogP contribution < -0.4 is 4.90 Å². The van der Waals surface area contributed by atoms with Crippen molar-refractivity contribution < 1.29 is 0 Å². The van der Waals surface area contributed by atoms with E-state index in [1.165, 1.54) is 49.0 Å². The Hall–Kier alpha value is -6.62. The Morgan fingerprint density at radius 3 is 1.67 bits per heavy atom. The zero-order valence-corrected chi connectivity index (χ0v) is 30.5. The topological polar surface area (TPSA) is 21.1 Å². The molecule has 0 N–H and O–H groups in total. The molecule has 0 atom stereocenters. The number of aromatic nitrogens is 2. The Morgan fingerprint density at radius 1 is 0.426 bits per heavy atom. The van der Waals surface area contributed by atoms with Gasteiger partial charge in [-0.1, -0.05) is 145 Å². The summed E-state index contributed by atoms with van der Waals surface area (Å²) < 4.78 is 2.18. The van der Waals surface area contributed by atoms with Crippen LogP contribution in [0.1, 0.15) is 0 Å². The minimum Gasteiger partial charge on any atom is -0.327 e. The lowest BCUT2D eigenvalue weighted by molar-refractivity contribution is 0.959. The molecule has 9 aromatic rings. The van der Waals surface area contributed by atoms with Crippen LogP contribution >= 0.6 is 11.8 Å². The van der Waals surface area contributed by atoms with Crippen molar-refractivity contribution in [3.8, 4) is 55.9 Å². The van der Waals surface area contributed by atoms with Gasteiger partial charge in [-0.3, -0.25) is 0 Å². The lowest BCUT2D eigenvalue weighted by Crippen LogP contribution is -2.14. The molecule has 1 aliphatic heterocycles. The highest BCUT2D eigenvalue weighted by Gasteiger charge is 2.25. The highest BCUT2D eigenvalue weighted by Crippen LogP contribution is 2.52. The molecule has 0 saturated carbocycles. The number of nitrogens with zero attached hydrogens (tertiary/aromatic N) is 3. The van der Waals surface area contributed by atoms with Crippen LogP contribution in [0.2, 0.25) is 0 Å². The molecule has 2 heterocycles. The maximum absolute atomic E-state index is 4.97. The molecule has 3 nitrogen and oxygen atoms in total. The Balaban J connectivity index is 1.17. The Bertz CT molecular complexity index is 2760. The maximum atomic E-state index is 4.97. The zero-order valence-electron chi connectivity index (χ0n) is 29.7. The summed E-state index contributed by atoms with van der Waals surface area (Å²) >= 11 is 1.83. The summed E-state index contributed by atoms with van der Waals surface area (Å²) in [6, 6.07) is 70.0. The lowest BCUT2D eigenvalue weighted by atomic mass is 9.84. The minimum atomic E-state index is 0.962. The van der Waals surface area contributed by atoms with Gasteiger partial charge in [0, 0.05) is 28.1 Å². The standard InChI is InChI=1S/C50H35N3S/c1-52-44-22-9-8-21-43(44)51-50(52)37-29-27-34(28-30-37)39-32-41(35-15-4-2-5-16-35)49(36-17-6-3-7-18-36)42(33-39)38-19-14-20-40(31-38)53-45-23-10-12-25-47(45)54-48-26-13-11-24-46(48)53/h2-33H,1H3. The summed E-state index contributed by atoms with van der Waals surface area (Å²) in [6.07, 6.45) is 0. The van der Waals surface area contributed by atoms with Crippen molar-refractivity contribution in [1.82, 2.24) is 9.55 Å². The third-order valence-corrected chi connectivity index (χ3v) is 11.5.